The van der Waals surface area contributed by atoms with Crippen molar-refractivity contribution in [2.75, 3.05) is 10.6 Å². The number of halogens is 1. The summed E-state index contributed by atoms with van der Waals surface area (Å²) in [5, 5.41) is 5.77. The first-order valence-electron chi connectivity index (χ1n) is 8.32. The Hall–Kier alpha value is -2.59. The Balaban J connectivity index is 2.06. The molecule has 0 aliphatic heterocycles. The molecule has 2 rings (SSSR count). The molecule has 0 atom stereocenters. The smallest absolute Gasteiger partial charge is 0.248 e. The fourth-order valence-corrected chi connectivity index (χ4v) is 2.51. The standard InChI is InChI=1S/C21H23ClN2O2/c1-14(25)23-17-10-11-18(22)19(13-17)24-20(26)12-7-15-5-8-16(9-6-15)21(2,3)4/h5-13H,1-4H3,(H,23,25)(H,24,26)/b12-7+. The summed E-state index contributed by atoms with van der Waals surface area (Å²) >= 11 is 6.10. The van der Waals surface area contributed by atoms with Gasteiger partial charge < -0.3 is 10.6 Å². The first-order chi connectivity index (χ1) is 12.1. The molecule has 26 heavy (non-hydrogen) atoms. The van der Waals surface area contributed by atoms with Crippen LogP contribution in [0, 0.1) is 0 Å². The molecule has 4 nitrogen and oxygen atoms in total. The summed E-state index contributed by atoms with van der Waals surface area (Å²) in [6, 6.07) is 13.0. The van der Waals surface area contributed by atoms with Gasteiger partial charge in [-0.15, -0.1) is 0 Å². The van der Waals surface area contributed by atoms with Crippen LogP contribution in [0.25, 0.3) is 6.08 Å². The maximum absolute atomic E-state index is 12.2. The van der Waals surface area contributed by atoms with Gasteiger partial charge in [0.2, 0.25) is 11.8 Å². The number of hydrogen-bond acceptors (Lipinski definition) is 2. The summed E-state index contributed by atoms with van der Waals surface area (Å²) in [6.07, 6.45) is 3.20. The first-order valence-corrected chi connectivity index (χ1v) is 8.70. The van der Waals surface area contributed by atoms with Gasteiger partial charge in [-0.3, -0.25) is 9.59 Å². The molecule has 0 unspecified atom stereocenters. The van der Waals surface area contributed by atoms with E-state index >= 15 is 0 Å². The third-order valence-electron chi connectivity index (χ3n) is 3.75. The fraction of sp³-hybridized carbons (Fsp3) is 0.238. The Morgan fingerprint density at radius 1 is 1.00 bits per heavy atom. The normalized spacial score (nSPS) is 11.4. The summed E-state index contributed by atoms with van der Waals surface area (Å²) in [5.41, 5.74) is 3.27. The van der Waals surface area contributed by atoms with Gasteiger partial charge >= 0.3 is 0 Å². The van der Waals surface area contributed by atoms with Gasteiger partial charge in [-0.05, 0) is 40.8 Å². The lowest BCUT2D eigenvalue weighted by Gasteiger charge is -2.18. The van der Waals surface area contributed by atoms with Crippen molar-refractivity contribution in [2.45, 2.75) is 33.1 Å². The first kappa shape index (κ1) is 19.7. The molecule has 0 aromatic heterocycles. The molecule has 0 aliphatic carbocycles. The number of anilines is 2. The van der Waals surface area contributed by atoms with Crippen LogP contribution < -0.4 is 10.6 Å². The zero-order valence-corrected chi connectivity index (χ0v) is 16.1. The van der Waals surface area contributed by atoms with Crippen LogP contribution in [0.15, 0.2) is 48.5 Å². The highest BCUT2D eigenvalue weighted by atomic mass is 35.5. The lowest BCUT2D eigenvalue weighted by Crippen LogP contribution is -2.10. The van der Waals surface area contributed by atoms with Crippen molar-refractivity contribution in [3.05, 3.63) is 64.7 Å². The van der Waals surface area contributed by atoms with Gasteiger partial charge in [-0.25, -0.2) is 0 Å². The molecule has 0 aliphatic rings. The highest BCUT2D eigenvalue weighted by molar-refractivity contribution is 6.34. The van der Waals surface area contributed by atoms with Crippen LogP contribution in [0.2, 0.25) is 5.02 Å². The molecular formula is C21H23ClN2O2. The van der Waals surface area contributed by atoms with E-state index in [9.17, 15) is 9.59 Å². The van der Waals surface area contributed by atoms with E-state index in [1.807, 2.05) is 12.1 Å². The SMILES string of the molecule is CC(=O)Nc1ccc(Cl)c(NC(=O)/C=C/c2ccc(C(C)(C)C)cc2)c1. The quantitative estimate of drug-likeness (QED) is 0.722. The molecule has 0 fully saturated rings. The van der Waals surface area contributed by atoms with Crippen LogP contribution in [0.3, 0.4) is 0 Å². The Kier molecular flexibility index (Phi) is 6.22. The zero-order chi connectivity index (χ0) is 19.3. The molecular weight excluding hydrogens is 348 g/mol. The van der Waals surface area contributed by atoms with Crippen molar-refractivity contribution in [3.63, 3.8) is 0 Å². The zero-order valence-electron chi connectivity index (χ0n) is 15.4. The number of carbonyl (C=O) groups is 2. The minimum absolute atomic E-state index is 0.0926. The van der Waals surface area contributed by atoms with Crippen molar-refractivity contribution >= 4 is 40.9 Å². The second kappa shape index (κ2) is 8.19. The predicted octanol–water partition coefficient (Wildman–Crippen LogP) is 5.25. The van der Waals surface area contributed by atoms with Crippen molar-refractivity contribution in [1.29, 1.82) is 0 Å². The van der Waals surface area contributed by atoms with Crippen molar-refractivity contribution in [3.8, 4) is 0 Å². The third kappa shape index (κ3) is 5.74. The van der Waals surface area contributed by atoms with Crippen molar-refractivity contribution in [2.24, 2.45) is 0 Å². The Labute approximate surface area is 159 Å². The van der Waals surface area contributed by atoms with Crippen LogP contribution in [0.4, 0.5) is 11.4 Å². The van der Waals surface area contributed by atoms with Gasteiger partial charge in [0.25, 0.3) is 0 Å². The number of hydrogen-bond donors (Lipinski definition) is 2. The van der Waals surface area contributed by atoms with E-state index in [2.05, 4.69) is 43.5 Å². The van der Waals surface area contributed by atoms with Crippen LogP contribution in [-0.2, 0) is 15.0 Å². The van der Waals surface area contributed by atoms with Crippen molar-refractivity contribution in [1.82, 2.24) is 0 Å². The van der Waals surface area contributed by atoms with E-state index in [1.54, 1.807) is 24.3 Å². The molecule has 2 amide bonds. The number of carbonyl (C=O) groups excluding carboxylic acids is 2. The van der Waals surface area contributed by atoms with Crippen LogP contribution in [0.5, 0.6) is 0 Å². The minimum atomic E-state index is -0.299. The number of nitrogens with one attached hydrogen (secondary N) is 2. The lowest BCUT2D eigenvalue weighted by molar-refractivity contribution is -0.114. The maximum Gasteiger partial charge on any atom is 0.248 e. The fourth-order valence-electron chi connectivity index (χ4n) is 2.34. The topological polar surface area (TPSA) is 58.2 Å². The number of amides is 2. The molecule has 2 N–H and O–H groups in total. The van der Waals surface area contributed by atoms with E-state index in [-0.39, 0.29) is 17.2 Å². The molecule has 2 aromatic carbocycles. The van der Waals surface area contributed by atoms with Gasteiger partial charge in [-0.2, -0.15) is 0 Å². The van der Waals surface area contributed by atoms with Gasteiger partial charge in [0.15, 0.2) is 0 Å². The highest BCUT2D eigenvalue weighted by Gasteiger charge is 2.12. The monoisotopic (exact) mass is 370 g/mol. The van der Waals surface area contributed by atoms with Gasteiger partial charge in [0.1, 0.15) is 0 Å². The van der Waals surface area contributed by atoms with Crippen LogP contribution >= 0.6 is 11.6 Å². The highest BCUT2D eigenvalue weighted by Crippen LogP contribution is 2.26. The van der Waals surface area contributed by atoms with Gasteiger partial charge in [-0.1, -0.05) is 56.6 Å². The largest absolute Gasteiger partial charge is 0.326 e. The second-order valence-corrected chi connectivity index (χ2v) is 7.48. The average molecular weight is 371 g/mol. The van der Waals surface area contributed by atoms with E-state index in [4.69, 9.17) is 11.6 Å². The molecule has 0 saturated heterocycles. The molecule has 0 bridgehead atoms. The predicted molar refractivity (Wildman–Crippen MR) is 109 cm³/mol. The van der Waals surface area contributed by atoms with E-state index in [0.29, 0.717) is 16.4 Å². The van der Waals surface area contributed by atoms with Crippen LogP contribution in [0.1, 0.15) is 38.8 Å². The molecule has 136 valence electrons. The molecule has 2 aromatic rings. The third-order valence-corrected chi connectivity index (χ3v) is 4.08. The minimum Gasteiger partial charge on any atom is -0.326 e. The Bertz CT molecular complexity index is 834. The number of benzene rings is 2. The van der Waals surface area contributed by atoms with Crippen LogP contribution in [-0.4, -0.2) is 11.8 Å². The van der Waals surface area contributed by atoms with Gasteiger partial charge in [0, 0.05) is 18.7 Å². The van der Waals surface area contributed by atoms with Crippen molar-refractivity contribution < 1.29 is 9.59 Å². The second-order valence-electron chi connectivity index (χ2n) is 7.07. The summed E-state index contributed by atoms with van der Waals surface area (Å²) in [7, 11) is 0. The maximum atomic E-state index is 12.2. The summed E-state index contributed by atoms with van der Waals surface area (Å²) in [5.74, 6) is -0.491. The van der Waals surface area contributed by atoms with Gasteiger partial charge in [0.05, 0.1) is 10.7 Å². The molecule has 0 saturated carbocycles. The molecule has 5 heteroatoms. The summed E-state index contributed by atoms with van der Waals surface area (Å²) < 4.78 is 0. The van der Waals surface area contributed by atoms with E-state index < -0.39 is 0 Å². The summed E-state index contributed by atoms with van der Waals surface area (Å²) in [6.45, 7) is 7.89. The molecule has 0 heterocycles. The Morgan fingerprint density at radius 3 is 2.23 bits per heavy atom. The number of rotatable bonds is 4. The summed E-state index contributed by atoms with van der Waals surface area (Å²) in [4.78, 5) is 23.3. The molecule has 0 radical (unpaired) electrons. The van der Waals surface area contributed by atoms with E-state index in [1.165, 1.54) is 18.6 Å². The van der Waals surface area contributed by atoms with E-state index in [0.717, 1.165) is 5.56 Å². The Morgan fingerprint density at radius 2 is 1.65 bits per heavy atom. The average Bonchev–Trinajstić information content (AvgIpc) is 2.55. The lowest BCUT2D eigenvalue weighted by atomic mass is 9.87. The molecule has 0 spiro atoms.